The van der Waals surface area contributed by atoms with Gasteiger partial charge in [-0.15, -0.1) is 0 Å². The van der Waals surface area contributed by atoms with Gasteiger partial charge in [0.1, 0.15) is 6.04 Å². The van der Waals surface area contributed by atoms with Gasteiger partial charge in [0.25, 0.3) is 0 Å². The topological polar surface area (TPSA) is 35.8 Å². The predicted octanol–water partition coefficient (Wildman–Crippen LogP) is 3.05. The molecule has 1 aromatic rings. The van der Waals surface area contributed by atoms with Gasteiger partial charge in [-0.2, -0.15) is 17.0 Å². The monoisotopic (exact) mass is 232 g/mol. The number of rotatable bonds is 3. The average molecular weight is 232 g/mol. The number of thioether (sulfide) groups is 1. The van der Waals surface area contributed by atoms with Gasteiger partial charge in [0.15, 0.2) is 0 Å². The Balaban J connectivity index is 2.04. The maximum Gasteiger partial charge on any atom is 0.118 e. The van der Waals surface area contributed by atoms with Gasteiger partial charge in [-0.25, -0.2) is 0 Å². The van der Waals surface area contributed by atoms with Crippen LogP contribution < -0.4 is 5.32 Å². The number of anilines is 1. The molecule has 1 fully saturated rings. The molecule has 0 amide bonds. The number of hydrogen-bond acceptors (Lipinski definition) is 3. The summed E-state index contributed by atoms with van der Waals surface area (Å²) in [5, 5.41) is 12.5. The molecule has 1 heterocycles. The van der Waals surface area contributed by atoms with Crippen LogP contribution in [-0.4, -0.2) is 17.5 Å². The lowest BCUT2D eigenvalue weighted by Crippen LogP contribution is -2.27. The summed E-state index contributed by atoms with van der Waals surface area (Å²) >= 11 is 1.95. The molecule has 0 radical (unpaired) electrons. The van der Waals surface area contributed by atoms with E-state index < -0.39 is 0 Å². The first-order chi connectivity index (χ1) is 7.79. The number of hydrogen-bond donors (Lipinski definition) is 1. The molecule has 1 saturated heterocycles. The highest BCUT2D eigenvalue weighted by Crippen LogP contribution is 2.27. The normalized spacial score (nSPS) is 21.4. The molecule has 1 aromatic carbocycles. The van der Waals surface area contributed by atoms with Crippen molar-refractivity contribution in [1.82, 2.24) is 0 Å². The Morgan fingerprint density at radius 1 is 1.56 bits per heavy atom. The van der Waals surface area contributed by atoms with Gasteiger partial charge < -0.3 is 5.32 Å². The van der Waals surface area contributed by atoms with E-state index in [4.69, 9.17) is 0 Å². The van der Waals surface area contributed by atoms with E-state index in [1.165, 1.54) is 11.3 Å². The van der Waals surface area contributed by atoms with E-state index in [-0.39, 0.29) is 6.04 Å². The van der Waals surface area contributed by atoms with Crippen molar-refractivity contribution in [1.29, 1.82) is 5.26 Å². The predicted molar refractivity (Wildman–Crippen MR) is 69.6 cm³/mol. The van der Waals surface area contributed by atoms with E-state index in [1.54, 1.807) is 0 Å². The summed E-state index contributed by atoms with van der Waals surface area (Å²) in [5.41, 5.74) is 2.28. The van der Waals surface area contributed by atoms with Crippen molar-refractivity contribution in [3.8, 4) is 6.07 Å². The Bertz CT molecular complexity index is 391. The van der Waals surface area contributed by atoms with Crippen LogP contribution >= 0.6 is 11.8 Å². The van der Waals surface area contributed by atoms with Crippen LogP contribution in [0.3, 0.4) is 0 Å². The fraction of sp³-hybridized carbons (Fsp3) is 0.462. The minimum atomic E-state index is -0.0446. The lowest BCUT2D eigenvalue weighted by Gasteiger charge is -2.18. The van der Waals surface area contributed by atoms with E-state index in [0.29, 0.717) is 5.92 Å². The summed E-state index contributed by atoms with van der Waals surface area (Å²) < 4.78 is 0. The minimum absolute atomic E-state index is 0.0446. The van der Waals surface area contributed by atoms with Crippen LogP contribution in [0.15, 0.2) is 24.3 Å². The molecular weight excluding hydrogens is 216 g/mol. The Labute approximate surface area is 101 Å². The molecule has 16 heavy (non-hydrogen) atoms. The van der Waals surface area contributed by atoms with Gasteiger partial charge in [0.2, 0.25) is 0 Å². The van der Waals surface area contributed by atoms with E-state index in [9.17, 15) is 5.26 Å². The average Bonchev–Trinajstić information content (AvgIpc) is 2.79. The Morgan fingerprint density at radius 2 is 2.44 bits per heavy atom. The van der Waals surface area contributed by atoms with Crippen LogP contribution in [-0.2, 0) is 0 Å². The molecule has 0 bridgehead atoms. The van der Waals surface area contributed by atoms with Crippen LogP contribution in [0.2, 0.25) is 0 Å². The van der Waals surface area contributed by atoms with Crippen molar-refractivity contribution >= 4 is 17.4 Å². The molecule has 0 aromatic heterocycles. The molecular formula is C13H16N2S. The molecule has 1 N–H and O–H groups in total. The first-order valence-electron chi connectivity index (χ1n) is 5.60. The quantitative estimate of drug-likeness (QED) is 0.870. The smallest absolute Gasteiger partial charge is 0.118 e. The Hall–Kier alpha value is -1.14. The summed E-state index contributed by atoms with van der Waals surface area (Å²) in [6.07, 6.45) is 1.15. The van der Waals surface area contributed by atoms with Gasteiger partial charge in [0, 0.05) is 11.6 Å². The van der Waals surface area contributed by atoms with Crippen LogP contribution in [0.1, 0.15) is 12.0 Å². The van der Waals surface area contributed by atoms with E-state index in [0.717, 1.165) is 17.9 Å². The molecule has 1 aliphatic rings. The summed E-state index contributed by atoms with van der Waals surface area (Å²) in [4.78, 5) is 0. The fourth-order valence-corrected chi connectivity index (χ4v) is 3.28. The summed E-state index contributed by atoms with van der Waals surface area (Å²) in [7, 11) is 0. The van der Waals surface area contributed by atoms with Gasteiger partial charge in [-0.05, 0) is 42.5 Å². The van der Waals surface area contributed by atoms with Crippen molar-refractivity contribution in [3.05, 3.63) is 29.8 Å². The van der Waals surface area contributed by atoms with Crippen molar-refractivity contribution < 1.29 is 0 Å². The zero-order valence-corrected chi connectivity index (χ0v) is 10.3. The van der Waals surface area contributed by atoms with Gasteiger partial charge in [0.05, 0.1) is 6.07 Å². The zero-order chi connectivity index (χ0) is 11.4. The highest BCUT2D eigenvalue weighted by Gasteiger charge is 2.25. The molecule has 84 valence electrons. The molecule has 2 rings (SSSR count). The first-order valence-corrected chi connectivity index (χ1v) is 6.75. The minimum Gasteiger partial charge on any atom is -0.370 e. The largest absolute Gasteiger partial charge is 0.370 e. The fourth-order valence-electron chi connectivity index (χ4n) is 1.99. The highest BCUT2D eigenvalue weighted by molar-refractivity contribution is 7.99. The van der Waals surface area contributed by atoms with E-state index >= 15 is 0 Å². The third-order valence-corrected chi connectivity index (χ3v) is 4.10. The lowest BCUT2D eigenvalue weighted by atomic mass is 10.00. The van der Waals surface area contributed by atoms with E-state index in [1.807, 2.05) is 23.9 Å². The molecule has 1 aliphatic heterocycles. The van der Waals surface area contributed by atoms with Crippen molar-refractivity contribution in [2.45, 2.75) is 19.4 Å². The molecule has 0 spiro atoms. The third kappa shape index (κ3) is 2.70. The number of benzene rings is 1. The summed E-state index contributed by atoms with van der Waals surface area (Å²) in [6.45, 7) is 2.07. The van der Waals surface area contributed by atoms with Crippen LogP contribution in [0.4, 0.5) is 5.69 Å². The third-order valence-electron chi connectivity index (χ3n) is 2.92. The Kier molecular flexibility index (Phi) is 3.74. The molecule has 0 aliphatic carbocycles. The van der Waals surface area contributed by atoms with Crippen LogP contribution in [0, 0.1) is 24.2 Å². The molecule has 3 heteroatoms. The summed E-state index contributed by atoms with van der Waals surface area (Å²) in [5.74, 6) is 2.80. The van der Waals surface area contributed by atoms with Crippen LogP contribution in [0.25, 0.3) is 0 Å². The number of nitrogens with zero attached hydrogens (tertiary/aromatic N) is 1. The zero-order valence-electron chi connectivity index (χ0n) is 9.44. The maximum absolute atomic E-state index is 9.20. The standard InChI is InChI=1S/C13H16N2S/c1-10-3-2-4-12(7-10)15-13(8-14)11-5-6-16-9-11/h2-4,7,11,13,15H,5-6,9H2,1H3. The first kappa shape index (κ1) is 11.3. The van der Waals surface area contributed by atoms with Crippen molar-refractivity contribution in [2.75, 3.05) is 16.8 Å². The van der Waals surface area contributed by atoms with Gasteiger partial charge >= 0.3 is 0 Å². The molecule has 2 nitrogen and oxygen atoms in total. The maximum atomic E-state index is 9.20. The number of nitriles is 1. The van der Waals surface area contributed by atoms with Gasteiger partial charge in [-0.3, -0.25) is 0 Å². The van der Waals surface area contributed by atoms with E-state index in [2.05, 4.69) is 30.4 Å². The second-order valence-corrected chi connectivity index (χ2v) is 5.39. The molecule has 2 unspecified atom stereocenters. The number of aryl methyl sites for hydroxylation is 1. The second-order valence-electron chi connectivity index (χ2n) is 4.24. The SMILES string of the molecule is Cc1cccc(NC(C#N)C2CCSC2)c1. The van der Waals surface area contributed by atoms with Gasteiger partial charge in [-0.1, -0.05) is 12.1 Å². The van der Waals surface area contributed by atoms with Crippen molar-refractivity contribution in [3.63, 3.8) is 0 Å². The van der Waals surface area contributed by atoms with Crippen molar-refractivity contribution in [2.24, 2.45) is 5.92 Å². The van der Waals surface area contributed by atoms with Crippen LogP contribution in [0.5, 0.6) is 0 Å². The lowest BCUT2D eigenvalue weighted by molar-refractivity contribution is 0.565. The number of nitrogens with one attached hydrogen (secondary N) is 1. The molecule has 2 atom stereocenters. The second kappa shape index (κ2) is 5.27. The highest BCUT2D eigenvalue weighted by atomic mass is 32.2. The summed E-state index contributed by atoms with van der Waals surface area (Å²) in [6, 6.07) is 10.6. The molecule has 0 saturated carbocycles. The Morgan fingerprint density at radius 3 is 3.06 bits per heavy atom.